The lowest BCUT2D eigenvalue weighted by atomic mass is 9.93. The molecule has 1 amide bonds. The first-order valence-corrected chi connectivity index (χ1v) is 9.94. The normalized spacial score (nSPS) is 15.1. The van der Waals surface area contributed by atoms with Crippen molar-refractivity contribution in [1.82, 2.24) is 19.9 Å². The van der Waals surface area contributed by atoms with Gasteiger partial charge in [0.25, 0.3) is 5.91 Å². The van der Waals surface area contributed by atoms with Gasteiger partial charge in [-0.05, 0) is 49.6 Å². The van der Waals surface area contributed by atoms with Gasteiger partial charge in [-0.2, -0.15) is 0 Å². The Kier molecular flexibility index (Phi) is 5.19. The number of aromatic nitrogens is 3. The van der Waals surface area contributed by atoms with Crippen LogP contribution in [0.1, 0.15) is 54.9 Å². The van der Waals surface area contributed by atoms with Crippen molar-refractivity contribution < 1.29 is 4.79 Å². The first-order valence-electron chi connectivity index (χ1n) is 9.94. The van der Waals surface area contributed by atoms with Crippen LogP contribution in [-0.4, -0.2) is 38.4 Å². The van der Waals surface area contributed by atoms with Crippen LogP contribution in [-0.2, 0) is 6.54 Å². The molecule has 0 aliphatic heterocycles. The molecule has 4 rings (SSSR count). The summed E-state index contributed by atoms with van der Waals surface area (Å²) in [6.07, 6.45) is 6.04. The van der Waals surface area contributed by atoms with E-state index >= 15 is 0 Å². The Morgan fingerprint density at radius 2 is 1.81 bits per heavy atom. The maximum atomic E-state index is 13.0. The molecule has 3 aromatic rings. The van der Waals surface area contributed by atoms with Crippen LogP contribution >= 0.6 is 0 Å². The van der Waals surface area contributed by atoms with Crippen molar-refractivity contribution in [2.45, 2.75) is 51.6 Å². The van der Waals surface area contributed by atoms with Crippen molar-refractivity contribution in [3.05, 3.63) is 59.7 Å². The molecule has 0 radical (unpaired) electrons. The summed E-state index contributed by atoms with van der Waals surface area (Å²) in [7, 11) is 0. The number of carbonyl (C=O) groups is 1. The maximum absolute atomic E-state index is 13.0. The Morgan fingerprint density at radius 1 is 1.07 bits per heavy atom. The number of para-hydroxylation sites is 1. The quantitative estimate of drug-likeness (QED) is 0.681. The molecule has 1 saturated carbocycles. The number of hydrogen-bond acceptors (Lipinski definition) is 3. The molecule has 1 aliphatic rings. The summed E-state index contributed by atoms with van der Waals surface area (Å²) in [6, 6.07) is 16.3. The zero-order valence-electron chi connectivity index (χ0n) is 15.8. The molecule has 1 aliphatic carbocycles. The molecular formula is C22H26N4O. The molecule has 1 heterocycles. The van der Waals surface area contributed by atoms with Gasteiger partial charge in [-0.3, -0.25) is 4.79 Å². The fourth-order valence-corrected chi connectivity index (χ4v) is 4.09. The van der Waals surface area contributed by atoms with Crippen molar-refractivity contribution in [3.63, 3.8) is 0 Å². The molecule has 140 valence electrons. The van der Waals surface area contributed by atoms with E-state index in [0.29, 0.717) is 12.6 Å². The molecular weight excluding hydrogens is 336 g/mol. The molecule has 0 atom stereocenters. The van der Waals surface area contributed by atoms with Gasteiger partial charge in [0.05, 0.1) is 12.1 Å². The van der Waals surface area contributed by atoms with Crippen LogP contribution in [0.5, 0.6) is 0 Å². The fourth-order valence-electron chi connectivity index (χ4n) is 4.09. The second-order valence-corrected chi connectivity index (χ2v) is 7.32. The van der Waals surface area contributed by atoms with Gasteiger partial charge in [-0.15, -0.1) is 5.10 Å². The van der Waals surface area contributed by atoms with E-state index in [-0.39, 0.29) is 5.91 Å². The van der Waals surface area contributed by atoms with E-state index in [0.717, 1.165) is 41.5 Å². The van der Waals surface area contributed by atoms with E-state index in [1.54, 1.807) is 0 Å². The van der Waals surface area contributed by atoms with E-state index in [4.69, 9.17) is 0 Å². The molecule has 1 aromatic heterocycles. The number of amides is 1. The largest absolute Gasteiger partial charge is 0.336 e. The van der Waals surface area contributed by atoms with Crippen molar-refractivity contribution in [3.8, 4) is 0 Å². The molecule has 0 N–H and O–H groups in total. The van der Waals surface area contributed by atoms with Gasteiger partial charge in [-0.25, -0.2) is 4.68 Å². The highest BCUT2D eigenvalue weighted by atomic mass is 16.2. The van der Waals surface area contributed by atoms with E-state index in [1.807, 2.05) is 53.2 Å². The smallest absolute Gasteiger partial charge is 0.254 e. The van der Waals surface area contributed by atoms with Gasteiger partial charge in [0.2, 0.25) is 0 Å². The molecule has 0 spiro atoms. The summed E-state index contributed by atoms with van der Waals surface area (Å²) < 4.78 is 1.90. The Bertz CT molecular complexity index is 909. The third-order valence-corrected chi connectivity index (χ3v) is 5.57. The van der Waals surface area contributed by atoms with Crippen LogP contribution < -0.4 is 0 Å². The molecule has 5 nitrogen and oxygen atoms in total. The maximum Gasteiger partial charge on any atom is 0.254 e. The highest BCUT2D eigenvalue weighted by molar-refractivity contribution is 5.94. The second kappa shape index (κ2) is 7.91. The lowest BCUT2D eigenvalue weighted by Gasteiger charge is -2.33. The number of nitrogens with zero attached hydrogens (tertiary/aromatic N) is 4. The Hall–Kier alpha value is -2.69. The van der Waals surface area contributed by atoms with Crippen LogP contribution in [0.3, 0.4) is 0 Å². The molecule has 0 bridgehead atoms. The first kappa shape index (κ1) is 17.7. The summed E-state index contributed by atoms with van der Waals surface area (Å²) >= 11 is 0. The number of hydrogen-bond donors (Lipinski definition) is 0. The van der Waals surface area contributed by atoms with Gasteiger partial charge >= 0.3 is 0 Å². The monoisotopic (exact) mass is 362 g/mol. The molecule has 1 fully saturated rings. The highest BCUT2D eigenvalue weighted by Gasteiger charge is 2.24. The summed E-state index contributed by atoms with van der Waals surface area (Å²) in [4.78, 5) is 15.0. The van der Waals surface area contributed by atoms with Gasteiger partial charge < -0.3 is 4.90 Å². The van der Waals surface area contributed by atoms with Gasteiger partial charge in [0.15, 0.2) is 0 Å². The van der Waals surface area contributed by atoms with Crippen LogP contribution in [0, 0.1) is 0 Å². The van der Waals surface area contributed by atoms with Gasteiger partial charge in [-0.1, -0.05) is 48.7 Å². The minimum absolute atomic E-state index is 0.155. The van der Waals surface area contributed by atoms with Crippen molar-refractivity contribution in [1.29, 1.82) is 0 Å². The number of carbonyl (C=O) groups excluding carboxylic acids is 1. The lowest BCUT2D eigenvalue weighted by Crippen LogP contribution is -2.41. The fraction of sp³-hybridized carbons (Fsp3) is 0.409. The molecule has 0 saturated heterocycles. The minimum Gasteiger partial charge on any atom is -0.336 e. The standard InChI is InChI=1S/C22H26N4O/c1-2-25(19-8-4-3-5-9-19)22(27)18-14-12-17(13-15-18)16-26-21-11-7-6-10-20(21)23-24-26/h6-7,10-15,19H,2-5,8-9,16H2,1H3. The van der Waals surface area contributed by atoms with E-state index in [2.05, 4.69) is 22.1 Å². The van der Waals surface area contributed by atoms with Crippen LogP contribution in [0.2, 0.25) is 0 Å². The first-order chi connectivity index (χ1) is 13.3. The van der Waals surface area contributed by atoms with E-state index in [1.165, 1.54) is 19.3 Å². The van der Waals surface area contributed by atoms with Gasteiger partial charge in [0.1, 0.15) is 5.52 Å². The second-order valence-electron chi connectivity index (χ2n) is 7.32. The lowest BCUT2D eigenvalue weighted by molar-refractivity contribution is 0.0648. The van der Waals surface area contributed by atoms with Crippen molar-refractivity contribution in [2.75, 3.05) is 6.54 Å². The number of benzene rings is 2. The zero-order chi connectivity index (χ0) is 18.6. The minimum atomic E-state index is 0.155. The third-order valence-electron chi connectivity index (χ3n) is 5.57. The summed E-state index contributed by atoms with van der Waals surface area (Å²) in [5.74, 6) is 0.155. The van der Waals surface area contributed by atoms with Crippen molar-refractivity contribution in [2.24, 2.45) is 0 Å². The molecule has 27 heavy (non-hydrogen) atoms. The Labute approximate surface area is 160 Å². The molecule has 0 unspecified atom stereocenters. The highest BCUT2D eigenvalue weighted by Crippen LogP contribution is 2.24. The summed E-state index contributed by atoms with van der Waals surface area (Å²) in [6.45, 7) is 3.50. The Morgan fingerprint density at radius 3 is 2.56 bits per heavy atom. The Balaban J connectivity index is 1.48. The summed E-state index contributed by atoms with van der Waals surface area (Å²) in [5, 5.41) is 8.44. The number of rotatable bonds is 5. The SMILES string of the molecule is CCN(C(=O)c1ccc(Cn2nnc3ccccc32)cc1)C1CCCCC1. The predicted octanol–water partition coefficient (Wildman–Crippen LogP) is 4.27. The number of fused-ring (bicyclic) bond motifs is 1. The topological polar surface area (TPSA) is 51.0 Å². The average molecular weight is 362 g/mol. The molecule has 2 aromatic carbocycles. The average Bonchev–Trinajstić information content (AvgIpc) is 3.13. The van der Waals surface area contributed by atoms with Crippen LogP contribution in [0.15, 0.2) is 48.5 Å². The van der Waals surface area contributed by atoms with Crippen molar-refractivity contribution >= 4 is 16.9 Å². The van der Waals surface area contributed by atoms with E-state index < -0.39 is 0 Å². The zero-order valence-corrected chi connectivity index (χ0v) is 15.8. The third kappa shape index (κ3) is 3.72. The van der Waals surface area contributed by atoms with Crippen LogP contribution in [0.25, 0.3) is 11.0 Å². The van der Waals surface area contributed by atoms with Gasteiger partial charge in [0, 0.05) is 18.2 Å². The molecule has 5 heteroatoms. The van der Waals surface area contributed by atoms with E-state index in [9.17, 15) is 4.79 Å². The summed E-state index contributed by atoms with van der Waals surface area (Å²) in [5.41, 5.74) is 3.81. The predicted molar refractivity (Wildman–Crippen MR) is 107 cm³/mol. The van der Waals surface area contributed by atoms with Crippen LogP contribution in [0.4, 0.5) is 0 Å².